The summed E-state index contributed by atoms with van der Waals surface area (Å²) in [5, 5.41) is 11.2. The topological polar surface area (TPSA) is 60.2 Å². The molecule has 3 rings (SSSR count). The zero-order valence-electron chi connectivity index (χ0n) is 12.3. The number of nitrogens with one attached hydrogen (secondary N) is 1. The van der Waals surface area contributed by atoms with Crippen LogP contribution in [0, 0.1) is 6.92 Å². The molecule has 0 radical (unpaired) electrons. The van der Waals surface area contributed by atoms with E-state index in [0.29, 0.717) is 18.5 Å². The Kier molecular flexibility index (Phi) is 4.50. The number of aromatic nitrogens is 2. The molecule has 0 bridgehead atoms. The van der Waals surface area contributed by atoms with E-state index in [1.54, 1.807) is 6.92 Å². The number of hydrogen-bond acceptors (Lipinski definition) is 5. The average Bonchev–Trinajstić information content (AvgIpc) is 2.93. The summed E-state index contributed by atoms with van der Waals surface area (Å²) < 4.78 is 11.5. The second kappa shape index (κ2) is 6.72. The lowest BCUT2D eigenvalue weighted by atomic mass is 9.92. The minimum Gasteiger partial charge on any atom is -0.408 e. The maximum absolute atomic E-state index is 6.11. The van der Waals surface area contributed by atoms with Crippen molar-refractivity contribution in [2.24, 2.45) is 0 Å². The summed E-state index contributed by atoms with van der Waals surface area (Å²) >= 11 is 0. The summed E-state index contributed by atoms with van der Waals surface area (Å²) in [7, 11) is 0. The van der Waals surface area contributed by atoms with Gasteiger partial charge in [0.2, 0.25) is 5.89 Å². The molecular weight excluding hydrogens is 266 g/mol. The summed E-state index contributed by atoms with van der Waals surface area (Å²) in [4.78, 5) is 0. The molecule has 0 aliphatic heterocycles. The fourth-order valence-corrected chi connectivity index (χ4v) is 2.75. The van der Waals surface area contributed by atoms with Crippen LogP contribution in [-0.2, 0) is 11.3 Å². The van der Waals surface area contributed by atoms with Crippen LogP contribution in [0.5, 0.6) is 0 Å². The van der Waals surface area contributed by atoms with Crippen molar-refractivity contribution < 1.29 is 9.15 Å². The van der Waals surface area contributed by atoms with Gasteiger partial charge in [-0.25, -0.2) is 0 Å². The second-order valence-electron chi connectivity index (χ2n) is 5.50. The molecule has 1 saturated carbocycles. The highest BCUT2D eigenvalue weighted by Crippen LogP contribution is 2.25. The maximum Gasteiger partial charge on any atom is 0.315 e. The van der Waals surface area contributed by atoms with Gasteiger partial charge in [0.15, 0.2) is 0 Å². The molecule has 1 aliphatic carbocycles. The SMILES string of the molecule is Cc1nnc(NC2CCCCC2OCc2ccccc2)o1. The molecule has 5 heteroatoms. The minimum absolute atomic E-state index is 0.186. The lowest BCUT2D eigenvalue weighted by Gasteiger charge is -2.31. The Morgan fingerprint density at radius 2 is 2.00 bits per heavy atom. The number of nitrogens with zero attached hydrogens (tertiary/aromatic N) is 2. The first-order valence-electron chi connectivity index (χ1n) is 7.53. The summed E-state index contributed by atoms with van der Waals surface area (Å²) in [6.07, 6.45) is 4.74. The summed E-state index contributed by atoms with van der Waals surface area (Å²) in [5.74, 6) is 0.579. The molecule has 21 heavy (non-hydrogen) atoms. The largest absolute Gasteiger partial charge is 0.408 e. The van der Waals surface area contributed by atoms with Gasteiger partial charge in [0.1, 0.15) is 0 Å². The van der Waals surface area contributed by atoms with Crippen molar-refractivity contribution in [3.63, 3.8) is 0 Å². The van der Waals surface area contributed by atoms with Crippen LogP contribution in [0.1, 0.15) is 37.1 Å². The van der Waals surface area contributed by atoms with Gasteiger partial charge in [-0.05, 0) is 18.4 Å². The lowest BCUT2D eigenvalue weighted by molar-refractivity contribution is 0.00831. The van der Waals surface area contributed by atoms with Crippen LogP contribution in [-0.4, -0.2) is 22.3 Å². The Hall–Kier alpha value is -1.88. The highest BCUT2D eigenvalue weighted by atomic mass is 16.5. The average molecular weight is 287 g/mol. The van der Waals surface area contributed by atoms with E-state index in [1.807, 2.05) is 18.2 Å². The molecule has 5 nitrogen and oxygen atoms in total. The van der Waals surface area contributed by atoms with Gasteiger partial charge in [0.05, 0.1) is 18.8 Å². The Morgan fingerprint density at radius 1 is 1.19 bits per heavy atom. The first-order valence-corrected chi connectivity index (χ1v) is 7.53. The van der Waals surface area contributed by atoms with Gasteiger partial charge in [-0.1, -0.05) is 48.3 Å². The van der Waals surface area contributed by atoms with E-state index in [-0.39, 0.29) is 12.1 Å². The number of ether oxygens (including phenoxy) is 1. The number of hydrogen-bond donors (Lipinski definition) is 1. The van der Waals surface area contributed by atoms with E-state index in [1.165, 1.54) is 18.4 Å². The van der Waals surface area contributed by atoms with Crippen molar-refractivity contribution in [3.8, 4) is 0 Å². The molecule has 1 aromatic heterocycles. The molecule has 2 atom stereocenters. The first-order chi connectivity index (χ1) is 10.3. The smallest absolute Gasteiger partial charge is 0.315 e. The van der Waals surface area contributed by atoms with Gasteiger partial charge < -0.3 is 14.5 Å². The van der Waals surface area contributed by atoms with Gasteiger partial charge in [-0.3, -0.25) is 0 Å². The summed E-state index contributed by atoms with van der Waals surface area (Å²) in [6.45, 7) is 2.44. The van der Waals surface area contributed by atoms with E-state index in [2.05, 4.69) is 27.6 Å². The molecule has 0 amide bonds. The predicted octanol–water partition coefficient (Wildman–Crippen LogP) is 3.32. The zero-order chi connectivity index (χ0) is 14.5. The predicted molar refractivity (Wildman–Crippen MR) is 79.9 cm³/mol. The highest BCUT2D eigenvalue weighted by Gasteiger charge is 2.27. The molecule has 2 unspecified atom stereocenters. The van der Waals surface area contributed by atoms with E-state index in [9.17, 15) is 0 Å². The first kappa shape index (κ1) is 14.1. The monoisotopic (exact) mass is 287 g/mol. The maximum atomic E-state index is 6.11. The fourth-order valence-electron chi connectivity index (χ4n) is 2.75. The van der Waals surface area contributed by atoms with E-state index in [0.717, 1.165) is 12.8 Å². The van der Waals surface area contributed by atoms with Crippen molar-refractivity contribution in [1.29, 1.82) is 0 Å². The second-order valence-corrected chi connectivity index (χ2v) is 5.50. The quantitative estimate of drug-likeness (QED) is 0.914. The van der Waals surface area contributed by atoms with E-state index >= 15 is 0 Å². The van der Waals surface area contributed by atoms with Gasteiger partial charge in [0.25, 0.3) is 0 Å². The minimum atomic E-state index is 0.186. The third-order valence-electron chi connectivity index (χ3n) is 3.84. The molecule has 0 saturated heterocycles. The van der Waals surface area contributed by atoms with Crippen molar-refractivity contribution >= 4 is 6.01 Å². The molecule has 112 valence electrons. The number of rotatable bonds is 5. The van der Waals surface area contributed by atoms with Gasteiger partial charge in [0, 0.05) is 6.92 Å². The van der Waals surface area contributed by atoms with Crippen molar-refractivity contribution in [3.05, 3.63) is 41.8 Å². The molecule has 1 fully saturated rings. The number of benzene rings is 1. The zero-order valence-corrected chi connectivity index (χ0v) is 12.3. The summed E-state index contributed by atoms with van der Waals surface area (Å²) in [5.41, 5.74) is 1.20. The standard InChI is InChI=1S/C16H21N3O2/c1-12-18-19-16(21-12)17-14-9-5-6-10-15(14)20-11-13-7-3-2-4-8-13/h2-4,7-8,14-15H,5-6,9-11H2,1H3,(H,17,19). The van der Waals surface area contributed by atoms with E-state index < -0.39 is 0 Å². The Morgan fingerprint density at radius 3 is 2.76 bits per heavy atom. The van der Waals surface area contributed by atoms with Gasteiger partial charge in [-0.2, -0.15) is 0 Å². The van der Waals surface area contributed by atoms with Crippen LogP contribution in [0.15, 0.2) is 34.7 Å². The Bertz CT molecular complexity index is 556. The normalized spacial score (nSPS) is 22.1. The summed E-state index contributed by atoms with van der Waals surface area (Å²) in [6, 6.07) is 11.0. The van der Waals surface area contributed by atoms with Gasteiger partial charge >= 0.3 is 6.01 Å². The third-order valence-corrected chi connectivity index (χ3v) is 3.84. The van der Waals surface area contributed by atoms with Crippen molar-refractivity contribution in [2.45, 2.75) is 51.4 Å². The van der Waals surface area contributed by atoms with Crippen LogP contribution in [0.3, 0.4) is 0 Å². The van der Waals surface area contributed by atoms with Crippen LogP contribution in [0.4, 0.5) is 6.01 Å². The number of aryl methyl sites for hydroxylation is 1. The molecule has 0 spiro atoms. The molecule has 1 aromatic carbocycles. The van der Waals surface area contributed by atoms with E-state index in [4.69, 9.17) is 9.15 Å². The van der Waals surface area contributed by atoms with Crippen LogP contribution in [0.2, 0.25) is 0 Å². The third kappa shape index (κ3) is 3.82. The Labute approximate surface area is 124 Å². The van der Waals surface area contributed by atoms with Crippen molar-refractivity contribution in [1.82, 2.24) is 10.2 Å². The molecule has 1 N–H and O–H groups in total. The van der Waals surface area contributed by atoms with Gasteiger partial charge in [-0.15, -0.1) is 5.10 Å². The number of anilines is 1. The molecular formula is C16H21N3O2. The highest BCUT2D eigenvalue weighted by molar-refractivity contribution is 5.21. The van der Waals surface area contributed by atoms with Crippen LogP contribution in [0.25, 0.3) is 0 Å². The van der Waals surface area contributed by atoms with Crippen LogP contribution < -0.4 is 5.32 Å². The fraction of sp³-hybridized carbons (Fsp3) is 0.500. The van der Waals surface area contributed by atoms with Crippen molar-refractivity contribution in [2.75, 3.05) is 5.32 Å². The lowest BCUT2D eigenvalue weighted by Crippen LogP contribution is -2.38. The Balaban J connectivity index is 1.59. The molecule has 2 aromatic rings. The molecule has 1 aliphatic rings. The molecule has 1 heterocycles. The van der Waals surface area contributed by atoms with Crippen LogP contribution >= 0.6 is 0 Å².